The molecule has 1 fully saturated rings. The number of hydrogen-bond acceptors (Lipinski definition) is 4. The van der Waals surface area contributed by atoms with Crippen LogP contribution in [0.2, 0.25) is 0 Å². The Hall–Kier alpha value is -2.57. The average Bonchev–Trinajstić information content (AvgIpc) is 3.11. The Kier molecular flexibility index (Phi) is 4.75. The van der Waals surface area contributed by atoms with Gasteiger partial charge in [0.15, 0.2) is 0 Å². The van der Waals surface area contributed by atoms with E-state index < -0.39 is 0 Å². The number of carbonyl (C=O) groups excluding carboxylic acids is 1. The van der Waals surface area contributed by atoms with Gasteiger partial charge in [-0.2, -0.15) is 15.0 Å². The van der Waals surface area contributed by atoms with Crippen LogP contribution in [0.15, 0.2) is 36.7 Å². The Bertz CT molecular complexity index is 618. The summed E-state index contributed by atoms with van der Waals surface area (Å²) in [5.41, 5.74) is 0.773. The molecule has 0 unspecified atom stereocenters. The molecule has 3 rings (SSSR count). The number of nitrogens with one attached hydrogen (secondary N) is 1. The van der Waals surface area contributed by atoms with Crippen LogP contribution < -0.4 is 10.1 Å². The van der Waals surface area contributed by atoms with E-state index in [2.05, 4.69) is 15.5 Å². The molecular formula is C16H21N5O2. The molecule has 0 aliphatic carbocycles. The smallest absolute Gasteiger partial charge is 0.321 e. The van der Waals surface area contributed by atoms with Crippen LogP contribution in [0.4, 0.5) is 10.5 Å². The predicted octanol–water partition coefficient (Wildman–Crippen LogP) is 2.55. The fraction of sp³-hybridized carbons (Fsp3) is 0.438. The highest BCUT2D eigenvalue weighted by atomic mass is 16.5. The van der Waals surface area contributed by atoms with Crippen molar-refractivity contribution in [2.45, 2.75) is 25.8 Å². The van der Waals surface area contributed by atoms with Crippen LogP contribution in [0.25, 0.3) is 0 Å². The van der Waals surface area contributed by atoms with Crippen LogP contribution in [0.1, 0.15) is 25.8 Å². The number of ether oxygens (including phenoxy) is 1. The monoisotopic (exact) mass is 315 g/mol. The topological polar surface area (TPSA) is 72.3 Å². The molecule has 2 amide bonds. The molecule has 1 aromatic heterocycles. The summed E-state index contributed by atoms with van der Waals surface area (Å²) in [5, 5.41) is 11.3. The maximum Gasteiger partial charge on any atom is 0.321 e. The van der Waals surface area contributed by atoms with Gasteiger partial charge < -0.3 is 15.0 Å². The normalized spacial score (nSPS) is 15.4. The Morgan fingerprint density at radius 3 is 2.48 bits per heavy atom. The van der Waals surface area contributed by atoms with Gasteiger partial charge in [0.25, 0.3) is 0 Å². The third kappa shape index (κ3) is 3.80. The lowest BCUT2D eigenvalue weighted by Gasteiger charge is -2.31. The van der Waals surface area contributed by atoms with Crippen LogP contribution in [0.5, 0.6) is 5.75 Å². The molecule has 0 saturated carbocycles. The van der Waals surface area contributed by atoms with Crippen molar-refractivity contribution in [3.63, 3.8) is 0 Å². The lowest BCUT2D eigenvalue weighted by molar-refractivity contribution is 0.175. The summed E-state index contributed by atoms with van der Waals surface area (Å²) in [7, 11) is 0. The number of amides is 2. The summed E-state index contributed by atoms with van der Waals surface area (Å²) in [5.74, 6) is 0.804. The maximum atomic E-state index is 12.3. The van der Waals surface area contributed by atoms with Crippen molar-refractivity contribution < 1.29 is 9.53 Å². The van der Waals surface area contributed by atoms with Crippen molar-refractivity contribution >= 4 is 11.7 Å². The first-order valence-corrected chi connectivity index (χ1v) is 7.91. The molecule has 1 aliphatic rings. The van der Waals surface area contributed by atoms with E-state index in [1.165, 1.54) is 0 Å². The lowest BCUT2D eigenvalue weighted by Crippen LogP contribution is -2.41. The van der Waals surface area contributed by atoms with Crippen molar-refractivity contribution in [3.05, 3.63) is 36.7 Å². The second kappa shape index (κ2) is 7.13. The van der Waals surface area contributed by atoms with Crippen LogP contribution in [0.3, 0.4) is 0 Å². The molecule has 0 atom stereocenters. The molecule has 122 valence electrons. The van der Waals surface area contributed by atoms with Gasteiger partial charge in [-0.05, 0) is 44.0 Å². The molecule has 2 heterocycles. The van der Waals surface area contributed by atoms with Crippen LogP contribution >= 0.6 is 0 Å². The fourth-order valence-corrected chi connectivity index (χ4v) is 2.72. The SMILES string of the molecule is CCOc1ccc(NC(=O)N2CCC(n3nccn3)CC2)cc1. The van der Waals surface area contributed by atoms with Crippen LogP contribution in [-0.2, 0) is 0 Å². The van der Waals surface area contributed by atoms with E-state index in [1.54, 1.807) is 17.2 Å². The van der Waals surface area contributed by atoms with Gasteiger partial charge in [0.1, 0.15) is 5.75 Å². The first-order chi connectivity index (χ1) is 11.3. The van der Waals surface area contributed by atoms with E-state index in [9.17, 15) is 4.79 Å². The zero-order valence-electron chi connectivity index (χ0n) is 13.2. The number of rotatable bonds is 4. The van der Waals surface area contributed by atoms with Gasteiger partial charge in [0.2, 0.25) is 0 Å². The fourth-order valence-electron chi connectivity index (χ4n) is 2.72. The minimum atomic E-state index is -0.0685. The molecule has 2 aromatic rings. The Labute approximate surface area is 135 Å². The summed E-state index contributed by atoms with van der Waals surface area (Å²) < 4.78 is 5.39. The summed E-state index contributed by atoms with van der Waals surface area (Å²) >= 11 is 0. The summed E-state index contributed by atoms with van der Waals surface area (Å²) in [6, 6.07) is 7.62. The van der Waals surface area contributed by atoms with Gasteiger partial charge in [0.05, 0.1) is 25.0 Å². The molecule has 23 heavy (non-hydrogen) atoms. The van der Waals surface area contributed by atoms with Crippen molar-refractivity contribution in [2.24, 2.45) is 0 Å². The van der Waals surface area contributed by atoms with E-state index in [1.807, 2.05) is 36.1 Å². The number of anilines is 1. The van der Waals surface area contributed by atoms with E-state index in [0.29, 0.717) is 19.7 Å². The second-order valence-electron chi connectivity index (χ2n) is 5.46. The molecule has 0 spiro atoms. The molecule has 7 nitrogen and oxygen atoms in total. The number of benzene rings is 1. The van der Waals surface area contributed by atoms with Crippen molar-refractivity contribution in [1.82, 2.24) is 19.9 Å². The maximum absolute atomic E-state index is 12.3. The third-order valence-corrected chi connectivity index (χ3v) is 3.93. The number of piperidine rings is 1. The summed E-state index contributed by atoms with van der Waals surface area (Å²) in [6.07, 6.45) is 5.10. The highest BCUT2D eigenvalue weighted by Crippen LogP contribution is 2.22. The number of likely N-dealkylation sites (tertiary alicyclic amines) is 1. The largest absolute Gasteiger partial charge is 0.494 e. The van der Waals surface area contributed by atoms with Gasteiger partial charge >= 0.3 is 6.03 Å². The van der Waals surface area contributed by atoms with Crippen LogP contribution in [0, 0.1) is 0 Å². The highest BCUT2D eigenvalue weighted by Gasteiger charge is 2.24. The van der Waals surface area contributed by atoms with Gasteiger partial charge in [-0.3, -0.25) is 0 Å². The lowest BCUT2D eigenvalue weighted by atomic mass is 10.1. The van der Waals surface area contributed by atoms with Crippen molar-refractivity contribution in [1.29, 1.82) is 0 Å². The van der Waals surface area contributed by atoms with E-state index >= 15 is 0 Å². The van der Waals surface area contributed by atoms with Gasteiger partial charge in [-0.1, -0.05) is 0 Å². The second-order valence-corrected chi connectivity index (χ2v) is 5.46. The van der Waals surface area contributed by atoms with Gasteiger partial charge in [-0.15, -0.1) is 0 Å². The van der Waals surface area contributed by atoms with Crippen molar-refractivity contribution in [2.75, 3.05) is 25.0 Å². The molecular weight excluding hydrogens is 294 g/mol. The molecule has 1 saturated heterocycles. The third-order valence-electron chi connectivity index (χ3n) is 3.93. The number of nitrogens with zero attached hydrogens (tertiary/aromatic N) is 4. The quantitative estimate of drug-likeness (QED) is 0.941. The first kappa shape index (κ1) is 15.3. The number of aromatic nitrogens is 3. The average molecular weight is 315 g/mol. The zero-order valence-corrected chi connectivity index (χ0v) is 13.2. The van der Waals surface area contributed by atoms with E-state index in [0.717, 1.165) is 24.3 Å². The zero-order chi connectivity index (χ0) is 16.1. The standard InChI is InChI=1S/C16H21N5O2/c1-2-23-15-5-3-13(4-6-15)19-16(22)20-11-7-14(8-12-20)21-17-9-10-18-21/h3-6,9-10,14H,2,7-8,11-12H2,1H3,(H,19,22). The van der Waals surface area contributed by atoms with E-state index in [4.69, 9.17) is 4.74 Å². The molecule has 1 aliphatic heterocycles. The van der Waals surface area contributed by atoms with Crippen molar-refractivity contribution in [3.8, 4) is 5.75 Å². The molecule has 0 radical (unpaired) electrons. The molecule has 1 aromatic carbocycles. The van der Waals surface area contributed by atoms with Crippen LogP contribution in [-0.4, -0.2) is 45.6 Å². The highest BCUT2D eigenvalue weighted by molar-refractivity contribution is 5.89. The Morgan fingerprint density at radius 2 is 1.87 bits per heavy atom. The first-order valence-electron chi connectivity index (χ1n) is 7.91. The molecule has 0 bridgehead atoms. The minimum absolute atomic E-state index is 0.0685. The van der Waals surface area contributed by atoms with Gasteiger partial charge in [-0.25, -0.2) is 4.79 Å². The van der Waals surface area contributed by atoms with Gasteiger partial charge in [0, 0.05) is 18.8 Å². The summed E-state index contributed by atoms with van der Waals surface area (Å²) in [6.45, 7) is 3.98. The Morgan fingerprint density at radius 1 is 1.22 bits per heavy atom. The predicted molar refractivity (Wildman–Crippen MR) is 86.5 cm³/mol. The molecule has 1 N–H and O–H groups in total. The molecule has 7 heteroatoms. The number of hydrogen-bond donors (Lipinski definition) is 1. The minimum Gasteiger partial charge on any atom is -0.494 e. The number of carbonyl (C=O) groups is 1. The van der Waals surface area contributed by atoms with E-state index in [-0.39, 0.29) is 12.1 Å². The number of urea groups is 1. The Balaban J connectivity index is 1.51. The summed E-state index contributed by atoms with van der Waals surface area (Å²) in [4.78, 5) is 15.9.